The fraction of sp³-hybridized carbons (Fsp3) is 0.533. The van der Waals surface area contributed by atoms with Crippen LogP contribution >= 0.6 is 15.9 Å². The first-order chi connectivity index (χ1) is 9.47. The van der Waals surface area contributed by atoms with Crippen LogP contribution in [0.1, 0.15) is 18.4 Å². The van der Waals surface area contributed by atoms with Crippen LogP contribution in [0.3, 0.4) is 0 Å². The first-order valence-electron chi connectivity index (χ1n) is 7.01. The van der Waals surface area contributed by atoms with Crippen LogP contribution in [-0.2, 0) is 0 Å². The second kappa shape index (κ2) is 6.59. The molecule has 1 fully saturated rings. The average Bonchev–Trinajstić information content (AvgIpc) is 2.38. The zero-order valence-electron chi connectivity index (χ0n) is 12.2. The first-order valence-corrected chi connectivity index (χ1v) is 7.80. The molecule has 1 aromatic rings. The van der Waals surface area contributed by atoms with Gasteiger partial charge in [-0.25, -0.2) is 0 Å². The van der Waals surface area contributed by atoms with Crippen LogP contribution in [0.25, 0.3) is 0 Å². The molecule has 1 aliphatic heterocycles. The van der Waals surface area contributed by atoms with E-state index in [1.807, 2.05) is 12.1 Å². The third kappa shape index (κ3) is 3.73. The highest BCUT2D eigenvalue weighted by molar-refractivity contribution is 9.10. The molecule has 1 aromatic carbocycles. The predicted molar refractivity (Wildman–Crippen MR) is 88.6 cm³/mol. The molecule has 0 radical (unpaired) electrons. The minimum Gasteiger partial charge on any atom is -0.384 e. The molecule has 0 atom stereocenters. The summed E-state index contributed by atoms with van der Waals surface area (Å²) in [7, 11) is 4.27. The fourth-order valence-electron chi connectivity index (χ4n) is 2.87. The molecule has 0 bridgehead atoms. The van der Waals surface area contributed by atoms with Crippen LogP contribution in [0.2, 0.25) is 0 Å². The number of hydrogen-bond acceptors (Lipinski definition) is 3. The number of hydrogen-bond donors (Lipinski definition) is 2. The molecule has 0 aromatic heterocycles. The number of anilines is 1. The Labute approximate surface area is 129 Å². The van der Waals surface area contributed by atoms with Gasteiger partial charge < -0.3 is 15.5 Å². The van der Waals surface area contributed by atoms with E-state index >= 15 is 0 Å². The lowest BCUT2D eigenvalue weighted by molar-refractivity contribution is 0.285. The summed E-state index contributed by atoms with van der Waals surface area (Å²) in [5.41, 5.74) is 7.61. The molecule has 0 saturated carbocycles. The zero-order chi connectivity index (χ0) is 14.7. The zero-order valence-corrected chi connectivity index (χ0v) is 13.8. The second-order valence-corrected chi connectivity index (χ2v) is 6.68. The largest absolute Gasteiger partial charge is 0.384 e. The number of halogens is 1. The lowest BCUT2D eigenvalue weighted by atomic mass is 9.95. The average molecular weight is 339 g/mol. The molecule has 110 valence electrons. The van der Waals surface area contributed by atoms with Gasteiger partial charge in [0.15, 0.2) is 0 Å². The van der Waals surface area contributed by atoms with Gasteiger partial charge in [-0.15, -0.1) is 0 Å². The van der Waals surface area contributed by atoms with Crippen molar-refractivity contribution in [1.82, 2.24) is 4.90 Å². The van der Waals surface area contributed by atoms with Gasteiger partial charge in [-0.2, -0.15) is 0 Å². The highest BCUT2D eigenvalue weighted by atomic mass is 79.9. The molecule has 1 aliphatic rings. The van der Waals surface area contributed by atoms with Crippen molar-refractivity contribution in [2.45, 2.75) is 12.8 Å². The molecular formula is C15H23BrN4. The summed E-state index contributed by atoms with van der Waals surface area (Å²) in [4.78, 5) is 4.62. The van der Waals surface area contributed by atoms with Crippen LogP contribution in [0.4, 0.5) is 5.69 Å². The number of rotatable bonds is 4. The van der Waals surface area contributed by atoms with Crippen molar-refractivity contribution in [2.24, 2.45) is 11.7 Å². The molecule has 2 rings (SSSR count). The van der Waals surface area contributed by atoms with Gasteiger partial charge in [0.05, 0.1) is 0 Å². The molecule has 1 saturated heterocycles. The van der Waals surface area contributed by atoms with E-state index in [0.717, 1.165) is 41.3 Å². The van der Waals surface area contributed by atoms with E-state index < -0.39 is 0 Å². The van der Waals surface area contributed by atoms with Crippen LogP contribution in [0.15, 0.2) is 22.7 Å². The Morgan fingerprint density at radius 2 is 2.05 bits per heavy atom. The Morgan fingerprint density at radius 3 is 2.60 bits per heavy atom. The Hall–Kier alpha value is -1.07. The number of piperidine rings is 1. The summed E-state index contributed by atoms with van der Waals surface area (Å²) in [5.74, 6) is 0.914. The van der Waals surface area contributed by atoms with Gasteiger partial charge in [0.1, 0.15) is 5.84 Å². The minimum absolute atomic E-state index is 0.142. The molecule has 0 aliphatic carbocycles. The molecular weight excluding hydrogens is 316 g/mol. The van der Waals surface area contributed by atoms with E-state index in [1.54, 1.807) is 0 Å². The Kier molecular flexibility index (Phi) is 5.05. The van der Waals surface area contributed by atoms with Gasteiger partial charge in [0.2, 0.25) is 0 Å². The smallest absolute Gasteiger partial charge is 0.124 e. The maximum absolute atomic E-state index is 7.73. The predicted octanol–water partition coefficient (Wildman–Crippen LogP) is 2.51. The van der Waals surface area contributed by atoms with Crippen LogP contribution in [0, 0.1) is 11.3 Å². The number of nitrogen functional groups attached to an aromatic ring is 1. The third-order valence-corrected chi connectivity index (χ3v) is 4.32. The van der Waals surface area contributed by atoms with Gasteiger partial charge in [0.25, 0.3) is 0 Å². The van der Waals surface area contributed by atoms with Gasteiger partial charge >= 0.3 is 0 Å². The standard InChI is InChI=1S/C15H23BrN4/c1-19(2)10-11-5-7-20(8-6-11)14-9-12(16)3-4-13(14)15(17)18/h3-4,9,11H,5-8,10H2,1-2H3,(H3,17,18). The number of nitrogens with zero attached hydrogens (tertiary/aromatic N) is 2. The summed E-state index contributed by atoms with van der Waals surface area (Å²) < 4.78 is 1.04. The summed E-state index contributed by atoms with van der Waals surface area (Å²) >= 11 is 3.51. The van der Waals surface area contributed by atoms with Crippen LogP contribution in [0.5, 0.6) is 0 Å². The Bertz CT molecular complexity index is 479. The molecule has 4 nitrogen and oxygen atoms in total. The minimum atomic E-state index is 0.142. The summed E-state index contributed by atoms with van der Waals surface area (Å²) in [6.07, 6.45) is 2.39. The van der Waals surface area contributed by atoms with Gasteiger partial charge in [-0.05, 0) is 51.1 Å². The van der Waals surface area contributed by atoms with Crippen molar-refractivity contribution in [3.05, 3.63) is 28.2 Å². The van der Waals surface area contributed by atoms with E-state index in [-0.39, 0.29) is 5.84 Å². The SMILES string of the molecule is CN(C)CC1CCN(c2cc(Br)ccc2C(=N)N)CC1. The monoisotopic (exact) mass is 338 g/mol. The Morgan fingerprint density at radius 1 is 1.40 bits per heavy atom. The van der Waals surface area contributed by atoms with Crippen LogP contribution in [-0.4, -0.2) is 44.5 Å². The summed E-state index contributed by atoms with van der Waals surface area (Å²) in [6.45, 7) is 3.23. The second-order valence-electron chi connectivity index (χ2n) is 5.77. The highest BCUT2D eigenvalue weighted by Crippen LogP contribution is 2.29. The van der Waals surface area contributed by atoms with E-state index in [0.29, 0.717) is 0 Å². The normalized spacial score (nSPS) is 16.7. The molecule has 0 amide bonds. The fourth-order valence-corrected chi connectivity index (χ4v) is 3.22. The molecule has 20 heavy (non-hydrogen) atoms. The molecule has 0 spiro atoms. The molecule has 5 heteroatoms. The summed E-state index contributed by atoms with van der Waals surface area (Å²) in [6, 6.07) is 5.94. The van der Waals surface area contributed by atoms with E-state index in [2.05, 4.69) is 45.9 Å². The quantitative estimate of drug-likeness (QED) is 0.655. The molecule has 0 unspecified atom stereocenters. The molecule has 3 N–H and O–H groups in total. The molecule has 1 heterocycles. The van der Waals surface area contributed by atoms with Gasteiger partial charge in [-0.3, -0.25) is 5.41 Å². The number of amidine groups is 1. The van der Waals surface area contributed by atoms with Crippen molar-refractivity contribution in [3.63, 3.8) is 0 Å². The van der Waals surface area contributed by atoms with E-state index in [9.17, 15) is 0 Å². The van der Waals surface area contributed by atoms with Gasteiger partial charge in [0, 0.05) is 35.4 Å². The summed E-state index contributed by atoms with van der Waals surface area (Å²) in [5, 5.41) is 7.73. The van der Waals surface area contributed by atoms with E-state index in [1.165, 1.54) is 12.8 Å². The number of nitrogens with two attached hydrogens (primary N) is 1. The van der Waals surface area contributed by atoms with Crippen molar-refractivity contribution in [2.75, 3.05) is 38.6 Å². The number of nitrogens with one attached hydrogen (secondary N) is 1. The topological polar surface area (TPSA) is 56.4 Å². The lowest BCUT2D eigenvalue weighted by Gasteiger charge is -2.35. The lowest BCUT2D eigenvalue weighted by Crippen LogP contribution is -2.38. The first kappa shape index (κ1) is 15.3. The third-order valence-electron chi connectivity index (χ3n) is 3.83. The maximum atomic E-state index is 7.73. The highest BCUT2D eigenvalue weighted by Gasteiger charge is 2.22. The van der Waals surface area contributed by atoms with Crippen molar-refractivity contribution < 1.29 is 0 Å². The van der Waals surface area contributed by atoms with Crippen molar-refractivity contribution in [3.8, 4) is 0 Å². The van der Waals surface area contributed by atoms with Gasteiger partial charge in [-0.1, -0.05) is 15.9 Å². The van der Waals surface area contributed by atoms with Crippen molar-refractivity contribution >= 4 is 27.5 Å². The van der Waals surface area contributed by atoms with Crippen molar-refractivity contribution in [1.29, 1.82) is 5.41 Å². The van der Waals surface area contributed by atoms with Crippen LogP contribution < -0.4 is 10.6 Å². The maximum Gasteiger partial charge on any atom is 0.124 e. The van der Waals surface area contributed by atoms with E-state index in [4.69, 9.17) is 11.1 Å². The Balaban J connectivity index is 2.10. The number of benzene rings is 1.